The van der Waals surface area contributed by atoms with Crippen LogP contribution in [0.25, 0.3) is 6.08 Å². The molecular formula is C26H21Cl3N2O3. The zero-order valence-corrected chi connectivity index (χ0v) is 20.8. The molecule has 3 aromatic carbocycles. The standard InChI is InChI=1S/C26H21Cl3N2O3/c1-3-33-23-13-18(12-21(28)25(23)34-15-17-7-4-6-16(2)10-17)11-19(14-30)26(32)31-22-9-5-8-20(27)24(22)29/h4-13H,3,15H2,1-2H3,(H,31,32)/b19-11-. The van der Waals surface area contributed by atoms with Gasteiger partial charge in [0, 0.05) is 0 Å². The van der Waals surface area contributed by atoms with Crippen LogP contribution in [0.5, 0.6) is 11.5 Å². The molecule has 0 bridgehead atoms. The van der Waals surface area contributed by atoms with Gasteiger partial charge in [0.25, 0.3) is 5.91 Å². The maximum absolute atomic E-state index is 12.7. The molecular weight excluding hydrogens is 495 g/mol. The van der Waals surface area contributed by atoms with Crippen LogP contribution >= 0.6 is 34.8 Å². The van der Waals surface area contributed by atoms with E-state index in [4.69, 9.17) is 44.3 Å². The smallest absolute Gasteiger partial charge is 0.266 e. The number of nitrogens with zero attached hydrogens (tertiary/aromatic N) is 1. The van der Waals surface area contributed by atoms with E-state index in [9.17, 15) is 10.1 Å². The van der Waals surface area contributed by atoms with Gasteiger partial charge in [-0.15, -0.1) is 0 Å². The Morgan fingerprint density at radius 1 is 1.06 bits per heavy atom. The van der Waals surface area contributed by atoms with Crippen LogP contribution in [-0.2, 0) is 11.4 Å². The lowest BCUT2D eigenvalue weighted by molar-refractivity contribution is -0.112. The van der Waals surface area contributed by atoms with Gasteiger partial charge in [-0.2, -0.15) is 5.26 Å². The fourth-order valence-electron chi connectivity index (χ4n) is 3.14. The number of hydrogen-bond donors (Lipinski definition) is 1. The van der Waals surface area contributed by atoms with Gasteiger partial charge >= 0.3 is 0 Å². The van der Waals surface area contributed by atoms with Gasteiger partial charge in [0.2, 0.25) is 0 Å². The van der Waals surface area contributed by atoms with E-state index in [-0.39, 0.29) is 15.6 Å². The number of ether oxygens (including phenoxy) is 2. The first-order chi connectivity index (χ1) is 16.3. The third-order valence-corrected chi connectivity index (χ3v) is 5.77. The van der Waals surface area contributed by atoms with Gasteiger partial charge in [-0.25, -0.2) is 0 Å². The fraction of sp³-hybridized carbons (Fsp3) is 0.154. The van der Waals surface area contributed by atoms with Crippen LogP contribution < -0.4 is 14.8 Å². The molecule has 0 aliphatic rings. The summed E-state index contributed by atoms with van der Waals surface area (Å²) in [5.74, 6) is 0.154. The van der Waals surface area contributed by atoms with E-state index in [0.29, 0.717) is 41.0 Å². The molecule has 3 aromatic rings. The summed E-state index contributed by atoms with van der Waals surface area (Å²) in [6.07, 6.45) is 1.41. The maximum Gasteiger partial charge on any atom is 0.266 e. The fourth-order valence-corrected chi connectivity index (χ4v) is 3.76. The monoisotopic (exact) mass is 514 g/mol. The van der Waals surface area contributed by atoms with E-state index in [2.05, 4.69) is 5.32 Å². The van der Waals surface area contributed by atoms with E-state index in [0.717, 1.165) is 11.1 Å². The lowest BCUT2D eigenvalue weighted by Gasteiger charge is -2.15. The van der Waals surface area contributed by atoms with Crippen LogP contribution in [0.2, 0.25) is 15.1 Å². The summed E-state index contributed by atoms with van der Waals surface area (Å²) in [5.41, 5.74) is 2.76. The minimum atomic E-state index is -0.638. The third-order valence-electron chi connectivity index (χ3n) is 4.67. The second-order valence-corrected chi connectivity index (χ2v) is 8.46. The molecule has 0 unspecified atom stereocenters. The maximum atomic E-state index is 12.7. The first-order valence-corrected chi connectivity index (χ1v) is 11.5. The van der Waals surface area contributed by atoms with E-state index in [1.54, 1.807) is 30.3 Å². The average molecular weight is 516 g/mol. The number of nitrogens with one attached hydrogen (secondary N) is 1. The Balaban J connectivity index is 1.86. The van der Waals surface area contributed by atoms with Crippen LogP contribution in [-0.4, -0.2) is 12.5 Å². The van der Waals surface area contributed by atoms with Crippen molar-refractivity contribution in [3.05, 3.63) is 91.9 Å². The number of rotatable bonds is 8. The summed E-state index contributed by atoms with van der Waals surface area (Å²) in [4.78, 5) is 12.7. The van der Waals surface area contributed by atoms with Gasteiger partial charge in [-0.05, 0) is 55.3 Å². The van der Waals surface area contributed by atoms with E-state index >= 15 is 0 Å². The van der Waals surface area contributed by atoms with Gasteiger partial charge in [-0.3, -0.25) is 4.79 Å². The highest BCUT2D eigenvalue weighted by Gasteiger charge is 2.16. The molecule has 34 heavy (non-hydrogen) atoms. The number of benzene rings is 3. The predicted octanol–water partition coefficient (Wildman–Crippen LogP) is 7.48. The molecule has 0 aliphatic heterocycles. The number of nitriles is 1. The number of carbonyl (C=O) groups is 1. The van der Waals surface area contributed by atoms with E-state index < -0.39 is 5.91 Å². The summed E-state index contributed by atoms with van der Waals surface area (Å²) >= 11 is 18.6. The second kappa shape index (κ2) is 11.8. The molecule has 1 amide bonds. The van der Waals surface area contributed by atoms with Crippen LogP contribution in [0, 0.1) is 18.3 Å². The molecule has 0 saturated heterocycles. The zero-order valence-electron chi connectivity index (χ0n) is 18.5. The first-order valence-electron chi connectivity index (χ1n) is 10.3. The molecule has 5 nitrogen and oxygen atoms in total. The minimum absolute atomic E-state index is 0.150. The molecule has 1 N–H and O–H groups in total. The molecule has 174 valence electrons. The van der Waals surface area contributed by atoms with Crippen LogP contribution in [0.1, 0.15) is 23.6 Å². The molecule has 8 heteroatoms. The number of amides is 1. The van der Waals surface area contributed by atoms with Gasteiger partial charge in [0.05, 0.1) is 27.4 Å². The minimum Gasteiger partial charge on any atom is -0.490 e. The van der Waals surface area contributed by atoms with Gasteiger partial charge < -0.3 is 14.8 Å². The number of hydrogen-bond acceptors (Lipinski definition) is 4. The molecule has 0 fully saturated rings. The normalized spacial score (nSPS) is 11.0. The van der Waals surface area contributed by atoms with Crippen LogP contribution in [0.3, 0.4) is 0 Å². The summed E-state index contributed by atoms with van der Waals surface area (Å²) < 4.78 is 11.7. The Hall–Kier alpha value is -3.17. The summed E-state index contributed by atoms with van der Waals surface area (Å²) in [6.45, 7) is 4.53. The quantitative estimate of drug-likeness (QED) is 0.249. The molecule has 0 aliphatic carbocycles. The van der Waals surface area contributed by atoms with Crippen molar-refractivity contribution in [1.82, 2.24) is 0 Å². The zero-order chi connectivity index (χ0) is 24.7. The van der Waals surface area contributed by atoms with Gasteiger partial charge in [0.1, 0.15) is 18.2 Å². The predicted molar refractivity (Wildman–Crippen MR) is 137 cm³/mol. The van der Waals surface area contributed by atoms with Crippen molar-refractivity contribution >= 4 is 52.5 Å². The average Bonchev–Trinajstić information content (AvgIpc) is 2.80. The highest BCUT2D eigenvalue weighted by Crippen LogP contribution is 2.38. The van der Waals surface area contributed by atoms with Crippen molar-refractivity contribution in [3.63, 3.8) is 0 Å². The molecule has 0 heterocycles. The Bertz CT molecular complexity index is 1280. The lowest BCUT2D eigenvalue weighted by Crippen LogP contribution is -2.13. The van der Waals surface area contributed by atoms with E-state index in [1.165, 1.54) is 6.08 Å². The SMILES string of the molecule is CCOc1cc(/C=C(/C#N)C(=O)Nc2cccc(Cl)c2Cl)cc(Cl)c1OCc1cccc(C)c1. The molecule has 0 aromatic heterocycles. The van der Waals surface area contributed by atoms with Crippen molar-refractivity contribution in [1.29, 1.82) is 5.26 Å². The lowest BCUT2D eigenvalue weighted by atomic mass is 10.1. The number of aryl methyl sites for hydroxylation is 1. The first kappa shape index (κ1) is 25.5. The Morgan fingerprint density at radius 2 is 1.82 bits per heavy atom. The Kier molecular flexibility index (Phi) is 8.84. The van der Waals surface area contributed by atoms with E-state index in [1.807, 2.05) is 44.2 Å². The Labute approximate surface area is 213 Å². The largest absolute Gasteiger partial charge is 0.490 e. The summed E-state index contributed by atoms with van der Waals surface area (Å²) in [6, 6.07) is 17.9. The van der Waals surface area contributed by atoms with Crippen molar-refractivity contribution < 1.29 is 14.3 Å². The molecule has 0 atom stereocenters. The topological polar surface area (TPSA) is 71.3 Å². The highest BCUT2D eigenvalue weighted by molar-refractivity contribution is 6.44. The second-order valence-electron chi connectivity index (χ2n) is 7.27. The molecule has 0 spiro atoms. The summed E-state index contributed by atoms with van der Waals surface area (Å²) in [5, 5.41) is 12.9. The van der Waals surface area contributed by atoms with Crippen LogP contribution in [0.4, 0.5) is 5.69 Å². The van der Waals surface area contributed by atoms with Crippen molar-refractivity contribution in [3.8, 4) is 17.6 Å². The van der Waals surface area contributed by atoms with Crippen molar-refractivity contribution in [2.75, 3.05) is 11.9 Å². The molecule has 0 radical (unpaired) electrons. The van der Waals surface area contributed by atoms with Gasteiger partial charge in [0.15, 0.2) is 11.5 Å². The summed E-state index contributed by atoms with van der Waals surface area (Å²) in [7, 11) is 0. The van der Waals surface area contributed by atoms with Gasteiger partial charge in [-0.1, -0.05) is 70.7 Å². The highest BCUT2D eigenvalue weighted by atomic mass is 35.5. The number of halogens is 3. The molecule has 3 rings (SSSR count). The van der Waals surface area contributed by atoms with Crippen LogP contribution in [0.15, 0.2) is 60.2 Å². The van der Waals surface area contributed by atoms with Crippen molar-refractivity contribution in [2.45, 2.75) is 20.5 Å². The third kappa shape index (κ3) is 6.45. The molecule has 0 saturated carbocycles. The number of anilines is 1. The number of carbonyl (C=O) groups excluding carboxylic acids is 1. The Morgan fingerprint density at radius 3 is 2.53 bits per heavy atom. The van der Waals surface area contributed by atoms with Crippen molar-refractivity contribution in [2.24, 2.45) is 0 Å².